The molecule has 0 aromatic heterocycles. The van der Waals surface area contributed by atoms with Gasteiger partial charge in [0.1, 0.15) is 5.75 Å². The van der Waals surface area contributed by atoms with Crippen molar-refractivity contribution in [2.75, 3.05) is 19.0 Å². The third kappa shape index (κ3) is 5.32. The highest BCUT2D eigenvalue weighted by molar-refractivity contribution is 5.93. The molecule has 0 aliphatic carbocycles. The van der Waals surface area contributed by atoms with Crippen LogP contribution in [-0.4, -0.2) is 30.7 Å². The molecule has 1 unspecified atom stereocenters. The summed E-state index contributed by atoms with van der Waals surface area (Å²) < 4.78 is 10.0. The molecule has 2 aromatic carbocycles. The Balaban J connectivity index is 1.85. The molecule has 25 heavy (non-hydrogen) atoms. The van der Waals surface area contributed by atoms with Gasteiger partial charge in [-0.25, -0.2) is 4.79 Å². The maximum absolute atomic E-state index is 11.9. The van der Waals surface area contributed by atoms with Crippen LogP contribution in [0.15, 0.2) is 48.5 Å². The molecule has 0 heterocycles. The largest absolute Gasteiger partial charge is 0.484 e. The molecule has 6 nitrogen and oxygen atoms in total. The Morgan fingerprint density at radius 3 is 2.28 bits per heavy atom. The van der Waals surface area contributed by atoms with Gasteiger partial charge in [-0.2, -0.15) is 0 Å². The highest BCUT2D eigenvalue weighted by atomic mass is 16.5. The molecular weight excluding hydrogens is 322 g/mol. The second-order valence-electron chi connectivity index (χ2n) is 5.40. The molecule has 0 saturated heterocycles. The van der Waals surface area contributed by atoms with E-state index in [1.165, 1.54) is 7.11 Å². The topological polar surface area (TPSA) is 84.9 Å². The van der Waals surface area contributed by atoms with Gasteiger partial charge in [-0.1, -0.05) is 19.1 Å². The van der Waals surface area contributed by atoms with Crippen molar-refractivity contribution in [1.29, 1.82) is 0 Å². The molecule has 0 saturated carbocycles. The molecule has 2 N–H and O–H groups in total. The maximum atomic E-state index is 11.9. The molecule has 0 spiro atoms. The zero-order valence-corrected chi connectivity index (χ0v) is 14.2. The number of esters is 1. The van der Waals surface area contributed by atoms with Crippen molar-refractivity contribution in [3.05, 3.63) is 59.7 Å². The number of amides is 1. The van der Waals surface area contributed by atoms with Gasteiger partial charge in [-0.15, -0.1) is 0 Å². The van der Waals surface area contributed by atoms with Crippen LogP contribution >= 0.6 is 0 Å². The highest BCUT2D eigenvalue weighted by Crippen LogP contribution is 2.19. The lowest BCUT2D eigenvalue weighted by molar-refractivity contribution is -0.118. The van der Waals surface area contributed by atoms with Gasteiger partial charge in [0.05, 0.1) is 18.8 Å². The Hall–Kier alpha value is -2.86. The fraction of sp³-hybridized carbons (Fsp3) is 0.263. The SMILES string of the molecule is CCC(O)c1ccc(OCC(=O)Nc2ccc(C(=O)OC)cc2)cc1. The first kappa shape index (κ1) is 18.5. The molecule has 1 atom stereocenters. The summed E-state index contributed by atoms with van der Waals surface area (Å²) >= 11 is 0. The van der Waals surface area contributed by atoms with Gasteiger partial charge < -0.3 is 19.9 Å². The minimum absolute atomic E-state index is 0.144. The normalized spacial score (nSPS) is 11.5. The van der Waals surface area contributed by atoms with Crippen LogP contribution in [0.25, 0.3) is 0 Å². The summed E-state index contributed by atoms with van der Waals surface area (Å²) in [5.74, 6) is -0.204. The van der Waals surface area contributed by atoms with Crippen molar-refractivity contribution in [3.63, 3.8) is 0 Å². The number of aliphatic hydroxyl groups is 1. The van der Waals surface area contributed by atoms with Gasteiger partial charge in [0.2, 0.25) is 0 Å². The maximum Gasteiger partial charge on any atom is 0.337 e. The fourth-order valence-corrected chi connectivity index (χ4v) is 2.18. The van der Waals surface area contributed by atoms with E-state index in [0.29, 0.717) is 23.4 Å². The number of anilines is 1. The third-order valence-electron chi connectivity index (χ3n) is 3.61. The summed E-state index contributed by atoms with van der Waals surface area (Å²) in [6, 6.07) is 13.3. The number of ether oxygens (including phenoxy) is 2. The van der Waals surface area contributed by atoms with Crippen molar-refractivity contribution in [2.45, 2.75) is 19.4 Å². The number of carbonyl (C=O) groups is 2. The molecule has 2 aromatic rings. The predicted octanol–water partition coefficient (Wildman–Crippen LogP) is 2.93. The van der Waals surface area contributed by atoms with Crippen molar-refractivity contribution < 1.29 is 24.2 Å². The van der Waals surface area contributed by atoms with Crippen molar-refractivity contribution in [3.8, 4) is 5.75 Å². The van der Waals surface area contributed by atoms with Crippen LogP contribution in [0.5, 0.6) is 5.75 Å². The van der Waals surface area contributed by atoms with Gasteiger partial charge in [0.25, 0.3) is 5.91 Å². The summed E-state index contributed by atoms with van der Waals surface area (Å²) in [7, 11) is 1.31. The number of carbonyl (C=O) groups excluding carboxylic acids is 2. The molecule has 132 valence electrons. The zero-order chi connectivity index (χ0) is 18.2. The average molecular weight is 343 g/mol. The van der Waals surface area contributed by atoms with Gasteiger partial charge in [-0.3, -0.25) is 4.79 Å². The molecular formula is C19H21NO5. The van der Waals surface area contributed by atoms with E-state index < -0.39 is 12.1 Å². The lowest BCUT2D eigenvalue weighted by Gasteiger charge is -2.10. The van der Waals surface area contributed by atoms with E-state index >= 15 is 0 Å². The average Bonchev–Trinajstić information content (AvgIpc) is 2.66. The quantitative estimate of drug-likeness (QED) is 0.755. The standard InChI is InChI=1S/C19H21NO5/c1-3-17(21)13-6-10-16(11-7-13)25-12-18(22)20-15-8-4-14(5-9-15)19(23)24-2/h4-11,17,21H,3,12H2,1-2H3,(H,20,22). The van der Waals surface area contributed by atoms with Gasteiger partial charge >= 0.3 is 5.97 Å². The van der Waals surface area contributed by atoms with Gasteiger partial charge in [-0.05, 0) is 48.4 Å². The molecule has 0 radical (unpaired) electrons. The molecule has 6 heteroatoms. The molecule has 0 aliphatic heterocycles. The van der Waals surface area contributed by atoms with E-state index in [1.807, 2.05) is 6.92 Å². The van der Waals surface area contributed by atoms with Crippen molar-refractivity contribution in [1.82, 2.24) is 0 Å². The number of hydrogen-bond acceptors (Lipinski definition) is 5. The number of hydrogen-bond donors (Lipinski definition) is 2. The first-order valence-electron chi connectivity index (χ1n) is 7.92. The van der Waals surface area contributed by atoms with Crippen molar-refractivity contribution in [2.24, 2.45) is 0 Å². The molecule has 0 fully saturated rings. The third-order valence-corrected chi connectivity index (χ3v) is 3.61. The predicted molar refractivity (Wildman–Crippen MR) is 93.6 cm³/mol. The number of rotatable bonds is 7. The first-order valence-corrected chi connectivity index (χ1v) is 7.92. The summed E-state index contributed by atoms with van der Waals surface area (Å²) in [6.07, 6.45) is 0.141. The lowest BCUT2D eigenvalue weighted by atomic mass is 10.1. The van der Waals surface area contributed by atoms with Crippen LogP contribution < -0.4 is 10.1 Å². The summed E-state index contributed by atoms with van der Waals surface area (Å²) in [5, 5.41) is 12.4. The van der Waals surface area contributed by atoms with Crippen LogP contribution in [0.1, 0.15) is 35.4 Å². The van der Waals surface area contributed by atoms with Crippen LogP contribution in [0.2, 0.25) is 0 Å². The van der Waals surface area contributed by atoms with E-state index in [1.54, 1.807) is 48.5 Å². The molecule has 1 amide bonds. The second kappa shape index (κ2) is 8.84. The monoisotopic (exact) mass is 343 g/mol. The Bertz CT molecular complexity index is 710. The second-order valence-corrected chi connectivity index (χ2v) is 5.40. The zero-order valence-electron chi connectivity index (χ0n) is 14.2. The first-order chi connectivity index (χ1) is 12.0. The van der Waals surface area contributed by atoms with Crippen molar-refractivity contribution >= 4 is 17.6 Å². The van der Waals surface area contributed by atoms with E-state index in [-0.39, 0.29) is 12.5 Å². The number of aliphatic hydroxyl groups excluding tert-OH is 1. The van der Waals surface area contributed by atoms with E-state index in [9.17, 15) is 14.7 Å². The Kier molecular flexibility index (Phi) is 6.54. The van der Waals surface area contributed by atoms with E-state index in [4.69, 9.17) is 4.74 Å². The Morgan fingerprint density at radius 2 is 1.72 bits per heavy atom. The molecule has 0 bridgehead atoms. The fourth-order valence-electron chi connectivity index (χ4n) is 2.18. The number of nitrogens with one attached hydrogen (secondary N) is 1. The Morgan fingerprint density at radius 1 is 1.08 bits per heavy atom. The number of benzene rings is 2. The minimum atomic E-state index is -0.495. The minimum Gasteiger partial charge on any atom is -0.484 e. The van der Waals surface area contributed by atoms with Gasteiger partial charge in [0, 0.05) is 5.69 Å². The van der Waals surface area contributed by atoms with E-state index in [0.717, 1.165) is 5.56 Å². The molecule has 0 aliphatic rings. The van der Waals surface area contributed by atoms with Crippen LogP contribution in [0, 0.1) is 0 Å². The molecule has 2 rings (SSSR count). The van der Waals surface area contributed by atoms with Crippen LogP contribution in [-0.2, 0) is 9.53 Å². The summed E-state index contributed by atoms with van der Waals surface area (Å²) in [6.45, 7) is 1.76. The van der Waals surface area contributed by atoms with Gasteiger partial charge in [0.15, 0.2) is 6.61 Å². The summed E-state index contributed by atoms with van der Waals surface area (Å²) in [5.41, 5.74) is 1.78. The van der Waals surface area contributed by atoms with Crippen LogP contribution in [0.4, 0.5) is 5.69 Å². The van der Waals surface area contributed by atoms with E-state index in [2.05, 4.69) is 10.1 Å². The summed E-state index contributed by atoms with van der Waals surface area (Å²) in [4.78, 5) is 23.3. The smallest absolute Gasteiger partial charge is 0.337 e. The number of methoxy groups -OCH3 is 1. The highest BCUT2D eigenvalue weighted by Gasteiger charge is 2.08. The Labute approximate surface area is 146 Å². The van der Waals surface area contributed by atoms with Crippen LogP contribution in [0.3, 0.4) is 0 Å². The lowest BCUT2D eigenvalue weighted by Crippen LogP contribution is -2.20.